The number of amides is 1. The molecule has 0 spiro atoms. The number of aryl methyl sites for hydroxylation is 1. The van der Waals surface area contributed by atoms with Gasteiger partial charge in [-0.15, -0.1) is 11.3 Å². The van der Waals surface area contributed by atoms with Crippen LogP contribution < -0.4 is 5.32 Å². The van der Waals surface area contributed by atoms with Gasteiger partial charge >= 0.3 is 5.97 Å². The number of nitrogens with one attached hydrogen (secondary N) is 2. The quantitative estimate of drug-likeness (QED) is 0.620. The second kappa shape index (κ2) is 7.44. The van der Waals surface area contributed by atoms with Crippen LogP contribution in [0.4, 0.5) is 0 Å². The molecule has 7 heteroatoms. The molecule has 24 heavy (non-hydrogen) atoms. The summed E-state index contributed by atoms with van der Waals surface area (Å²) in [4.78, 5) is 39.5. The fourth-order valence-electron chi connectivity index (χ4n) is 2.58. The van der Waals surface area contributed by atoms with Gasteiger partial charge in [-0.05, 0) is 44.7 Å². The monoisotopic (exact) mass is 348 g/mol. The molecule has 0 aliphatic rings. The van der Waals surface area contributed by atoms with E-state index in [1.54, 1.807) is 25.2 Å². The van der Waals surface area contributed by atoms with Crippen LogP contribution in [-0.4, -0.2) is 29.3 Å². The molecule has 0 saturated heterocycles. The number of aromatic nitrogens is 1. The first kappa shape index (κ1) is 17.9. The number of carbonyl (C=O) groups excluding carboxylic acids is 3. The Bertz CT molecular complexity index is 762. The largest absolute Gasteiger partial charge is 0.451 e. The lowest BCUT2D eigenvalue weighted by Crippen LogP contribution is -2.30. The van der Waals surface area contributed by atoms with E-state index in [9.17, 15) is 14.4 Å². The van der Waals surface area contributed by atoms with Crippen LogP contribution in [0.1, 0.15) is 56.9 Å². The summed E-state index contributed by atoms with van der Waals surface area (Å²) in [5, 5.41) is 4.70. The number of hydrogen-bond donors (Lipinski definition) is 2. The van der Waals surface area contributed by atoms with E-state index in [1.807, 2.05) is 24.4 Å². The third-order valence-electron chi connectivity index (χ3n) is 3.68. The van der Waals surface area contributed by atoms with Gasteiger partial charge in [0.2, 0.25) is 0 Å². The topological polar surface area (TPSA) is 88.3 Å². The highest BCUT2D eigenvalue weighted by molar-refractivity contribution is 7.10. The first-order valence-corrected chi connectivity index (χ1v) is 8.39. The van der Waals surface area contributed by atoms with Crippen molar-refractivity contribution in [1.82, 2.24) is 10.3 Å². The summed E-state index contributed by atoms with van der Waals surface area (Å²) in [6.07, 6.45) is 0. The maximum Gasteiger partial charge on any atom is 0.355 e. The van der Waals surface area contributed by atoms with E-state index >= 15 is 0 Å². The summed E-state index contributed by atoms with van der Waals surface area (Å²) in [6, 6.07) is 3.69. The van der Waals surface area contributed by atoms with E-state index in [0.717, 1.165) is 4.88 Å². The zero-order chi connectivity index (χ0) is 17.9. The number of carbonyl (C=O) groups is 3. The number of aromatic amines is 1. The van der Waals surface area contributed by atoms with E-state index < -0.39 is 5.97 Å². The molecule has 2 aromatic rings. The maximum atomic E-state index is 12.1. The Balaban J connectivity index is 1.95. The minimum Gasteiger partial charge on any atom is -0.451 e. The molecule has 0 saturated carbocycles. The second-order valence-electron chi connectivity index (χ2n) is 5.56. The molecular weight excluding hydrogens is 328 g/mol. The fraction of sp³-hybridized carbons (Fsp3) is 0.353. The molecule has 0 radical (unpaired) electrons. The standard InChI is InChI=1S/C17H20N2O4S/c1-9-15(12(4)20)11(3)19-16(9)17(22)23-8-14(21)18-10(2)13-6-5-7-24-13/h5-7,10,19H,8H2,1-4H3,(H,18,21). The van der Waals surface area contributed by atoms with E-state index in [4.69, 9.17) is 4.74 Å². The Labute approximate surface area is 144 Å². The first-order valence-electron chi connectivity index (χ1n) is 7.51. The van der Waals surface area contributed by atoms with Crippen molar-refractivity contribution in [3.05, 3.63) is 44.9 Å². The minimum absolute atomic E-state index is 0.122. The molecule has 1 amide bonds. The van der Waals surface area contributed by atoms with Gasteiger partial charge in [0.15, 0.2) is 12.4 Å². The Morgan fingerprint density at radius 3 is 2.58 bits per heavy atom. The summed E-state index contributed by atoms with van der Waals surface area (Å²) in [6.45, 7) is 6.33. The zero-order valence-corrected chi connectivity index (χ0v) is 14.9. The smallest absolute Gasteiger partial charge is 0.355 e. The van der Waals surface area contributed by atoms with Crippen molar-refractivity contribution in [2.75, 3.05) is 6.61 Å². The average molecular weight is 348 g/mol. The van der Waals surface area contributed by atoms with Crippen LogP contribution in [0.25, 0.3) is 0 Å². The summed E-state index contributed by atoms with van der Waals surface area (Å²) in [7, 11) is 0. The first-order chi connectivity index (χ1) is 11.3. The highest BCUT2D eigenvalue weighted by Gasteiger charge is 2.21. The van der Waals surface area contributed by atoms with Gasteiger partial charge in [-0.2, -0.15) is 0 Å². The van der Waals surface area contributed by atoms with Crippen molar-refractivity contribution in [3.8, 4) is 0 Å². The number of esters is 1. The van der Waals surface area contributed by atoms with Crippen molar-refractivity contribution >= 4 is 29.0 Å². The molecule has 1 unspecified atom stereocenters. The summed E-state index contributed by atoms with van der Waals surface area (Å²) in [5.74, 6) is -1.15. The Hall–Kier alpha value is -2.41. The van der Waals surface area contributed by atoms with E-state index in [1.165, 1.54) is 6.92 Å². The zero-order valence-electron chi connectivity index (χ0n) is 14.1. The van der Waals surface area contributed by atoms with E-state index in [0.29, 0.717) is 16.8 Å². The van der Waals surface area contributed by atoms with Crippen LogP contribution in [0, 0.1) is 13.8 Å². The van der Waals surface area contributed by atoms with Crippen LogP contribution >= 0.6 is 11.3 Å². The van der Waals surface area contributed by atoms with Crippen molar-refractivity contribution in [3.63, 3.8) is 0 Å². The molecule has 2 heterocycles. The predicted octanol–water partition coefficient (Wildman–Crippen LogP) is 2.93. The Morgan fingerprint density at radius 2 is 2.04 bits per heavy atom. The van der Waals surface area contributed by atoms with Crippen molar-refractivity contribution in [1.29, 1.82) is 0 Å². The second-order valence-corrected chi connectivity index (χ2v) is 6.54. The molecule has 1 atom stereocenters. The van der Waals surface area contributed by atoms with Crippen molar-refractivity contribution in [2.24, 2.45) is 0 Å². The van der Waals surface area contributed by atoms with Gasteiger partial charge in [0.25, 0.3) is 5.91 Å². The molecule has 6 nitrogen and oxygen atoms in total. The SMILES string of the molecule is CC(=O)c1c(C)[nH]c(C(=O)OCC(=O)NC(C)c2cccs2)c1C. The average Bonchev–Trinajstić information content (AvgIpc) is 3.12. The molecule has 2 aromatic heterocycles. The lowest BCUT2D eigenvalue weighted by Gasteiger charge is -2.12. The molecule has 2 N–H and O–H groups in total. The van der Waals surface area contributed by atoms with Gasteiger partial charge in [0.05, 0.1) is 6.04 Å². The molecule has 128 valence electrons. The summed E-state index contributed by atoms with van der Waals surface area (Å²) < 4.78 is 5.05. The minimum atomic E-state index is -0.651. The van der Waals surface area contributed by atoms with Gasteiger partial charge in [-0.25, -0.2) is 4.79 Å². The highest BCUT2D eigenvalue weighted by atomic mass is 32.1. The number of thiophene rings is 1. The number of rotatable bonds is 6. The molecule has 0 fully saturated rings. The van der Waals surface area contributed by atoms with Crippen LogP contribution in [0.2, 0.25) is 0 Å². The Kier molecular flexibility index (Phi) is 5.56. The van der Waals surface area contributed by atoms with Gasteiger partial charge < -0.3 is 15.0 Å². The third-order valence-corrected chi connectivity index (χ3v) is 4.73. The summed E-state index contributed by atoms with van der Waals surface area (Å²) >= 11 is 1.54. The Morgan fingerprint density at radius 1 is 1.33 bits per heavy atom. The van der Waals surface area contributed by atoms with Gasteiger partial charge in [-0.3, -0.25) is 9.59 Å². The number of Topliss-reactive ketones (excluding diaryl/α,β-unsaturated/α-hetero) is 1. The number of hydrogen-bond acceptors (Lipinski definition) is 5. The normalized spacial score (nSPS) is 11.8. The molecular formula is C17H20N2O4S. The van der Waals surface area contributed by atoms with E-state index in [2.05, 4.69) is 10.3 Å². The fourth-order valence-corrected chi connectivity index (χ4v) is 3.31. The van der Waals surface area contributed by atoms with Gasteiger partial charge in [0, 0.05) is 16.1 Å². The summed E-state index contributed by atoms with van der Waals surface area (Å²) in [5.41, 5.74) is 1.84. The molecule has 2 rings (SSSR count). The maximum absolute atomic E-state index is 12.1. The number of ether oxygens (including phenoxy) is 1. The molecule has 0 aliphatic carbocycles. The van der Waals surface area contributed by atoms with Crippen molar-refractivity contribution in [2.45, 2.75) is 33.7 Å². The molecule has 0 aliphatic heterocycles. The van der Waals surface area contributed by atoms with Crippen LogP contribution in [0.3, 0.4) is 0 Å². The van der Waals surface area contributed by atoms with Crippen LogP contribution in [0.15, 0.2) is 17.5 Å². The van der Waals surface area contributed by atoms with Crippen molar-refractivity contribution < 1.29 is 19.1 Å². The van der Waals surface area contributed by atoms with Gasteiger partial charge in [-0.1, -0.05) is 6.07 Å². The predicted molar refractivity (Wildman–Crippen MR) is 91.4 cm³/mol. The highest BCUT2D eigenvalue weighted by Crippen LogP contribution is 2.20. The molecule has 0 bridgehead atoms. The number of ketones is 1. The number of H-pyrrole nitrogens is 1. The van der Waals surface area contributed by atoms with Gasteiger partial charge in [0.1, 0.15) is 5.69 Å². The van der Waals surface area contributed by atoms with Crippen LogP contribution in [0.5, 0.6) is 0 Å². The molecule has 0 aromatic carbocycles. The third kappa shape index (κ3) is 3.91. The van der Waals surface area contributed by atoms with Crippen LogP contribution in [-0.2, 0) is 9.53 Å². The lowest BCUT2D eigenvalue weighted by molar-refractivity contribution is -0.124. The lowest BCUT2D eigenvalue weighted by atomic mass is 10.1. The van der Waals surface area contributed by atoms with E-state index in [-0.39, 0.29) is 30.0 Å².